The Hall–Kier alpha value is -1.55. The Bertz CT molecular complexity index is 903. The number of hydrogen-bond acceptors (Lipinski definition) is 8. The van der Waals surface area contributed by atoms with Gasteiger partial charge in [0, 0.05) is 11.8 Å². The molecule has 0 bridgehead atoms. The van der Waals surface area contributed by atoms with Gasteiger partial charge in [0.25, 0.3) is 0 Å². The summed E-state index contributed by atoms with van der Waals surface area (Å²) in [6, 6.07) is 6.27. The van der Waals surface area contributed by atoms with Crippen LogP contribution in [0.15, 0.2) is 18.2 Å². The van der Waals surface area contributed by atoms with Crippen LogP contribution >= 0.6 is 0 Å². The maximum atomic E-state index is 12.5. The molecule has 34 heavy (non-hydrogen) atoms. The number of fused-ring (bicyclic) bond motifs is 5. The fourth-order valence-electron chi connectivity index (χ4n) is 6.95. The highest BCUT2D eigenvalue weighted by Crippen LogP contribution is 2.59. The van der Waals surface area contributed by atoms with Gasteiger partial charge in [-0.2, -0.15) is 0 Å². The molecular formula is C26H36O8. The number of aliphatic hydroxyl groups is 4. The van der Waals surface area contributed by atoms with Crippen LogP contribution in [0.25, 0.3) is 0 Å². The molecule has 0 radical (unpaired) electrons. The van der Waals surface area contributed by atoms with Crippen molar-refractivity contribution in [1.29, 1.82) is 0 Å². The standard InChI is InChI=1S/C26H36O8/c1-26-9-8-17-16-5-3-15(12-14(16)2-4-18(17)19(26)6-7-21(26)28)32-10-11-33-25-24(31)23(30)22(29)20(13-27)34-25/h3,5,12,17-20,22-25,27,29-31H,2,4,6-11,13H2,1H3/t17-,18-,19+,20-,22-,23+,24-,25-,26+/m1/s1. The molecule has 1 heterocycles. The lowest BCUT2D eigenvalue weighted by atomic mass is 9.55. The number of Topliss-reactive ketones (excluding diaryl/α,β-unsaturated/α-hetero) is 1. The normalized spacial score (nSPS) is 41.5. The number of carbonyl (C=O) groups is 1. The maximum absolute atomic E-state index is 12.5. The molecule has 1 aromatic carbocycles. The number of aryl methyl sites for hydroxylation is 1. The second kappa shape index (κ2) is 9.48. The van der Waals surface area contributed by atoms with E-state index in [0.29, 0.717) is 23.5 Å². The van der Waals surface area contributed by atoms with Crippen LogP contribution in [0, 0.1) is 17.3 Å². The van der Waals surface area contributed by atoms with Crippen molar-refractivity contribution in [3.05, 3.63) is 29.3 Å². The van der Waals surface area contributed by atoms with Gasteiger partial charge in [0.15, 0.2) is 6.29 Å². The third kappa shape index (κ3) is 4.08. The van der Waals surface area contributed by atoms with Crippen LogP contribution in [0.2, 0.25) is 0 Å². The summed E-state index contributed by atoms with van der Waals surface area (Å²) in [7, 11) is 0. The first-order valence-electron chi connectivity index (χ1n) is 12.5. The Morgan fingerprint density at radius 3 is 2.68 bits per heavy atom. The van der Waals surface area contributed by atoms with E-state index in [1.165, 1.54) is 11.1 Å². The molecule has 4 aliphatic rings. The van der Waals surface area contributed by atoms with Gasteiger partial charge in [0.1, 0.15) is 42.6 Å². The smallest absolute Gasteiger partial charge is 0.186 e. The maximum Gasteiger partial charge on any atom is 0.186 e. The van der Waals surface area contributed by atoms with Gasteiger partial charge in [0.2, 0.25) is 0 Å². The molecule has 3 aliphatic carbocycles. The van der Waals surface area contributed by atoms with Gasteiger partial charge in [-0.05, 0) is 73.1 Å². The van der Waals surface area contributed by atoms with Crippen LogP contribution < -0.4 is 4.74 Å². The predicted molar refractivity (Wildman–Crippen MR) is 121 cm³/mol. The van der Waals surface area contributed by atoms with E-state index in [0.717, 1.165) is 44.3 Å². The van der Waals surface area contributed by atoms with Gasteiger partial charge in [-0.15, -0.1) is 0 Å². The summed E-state index contributed by atoms with van der Waals surface area (Å²) >= 11 is 0. The lowest BCUT2D eigenvalue weighted by Gasteiger charge is -2.48. The van der Waals surface area contributed by atoms with Gasteiger partial charge in [-0.1, -0.05) is 13.0 Å². The second-order valence-electron chi connectivity index (χ2n) is 10.6. The monoisotopic (exact) mass is 476 g/mol. The molecule has 3 fully saturated rings. The highest BCUT2D eigenvalue weighted by atomic mass is 16.7. The zero-order valence-corrected chi connectivity index (χ0v) is 19.6. The van der Waals surface area contributed by atoms with E-state index in [1.54, 1.807) is 0 Å². The zero-order valence-electron chi connectivity index (χ0n) is 19.6. The van der Waals surface area contributed by atoms with Gasteiger partial charge in [-0.3, -0.25) is 4.79 Å². The average molecular weight is 477 g/mol. The number of hydrogen-bond donors (Lipinski definition) is 4. The number of carbonyl (C=O) groups excluding carboxylic acids is 1. The van der Waals surface area contributed by atoms with Crippen molar-refractivity contribution in [1.82, 2.24) is 0 Å². The van der Waals surface area contributed by atoms with Crippen LogP contribution in [0.3, 0.4) is 0 Å². The first-order valence-corrected chi connectivity index (χ1v) is 12.5. The van der Waals surface area contributed by atoms with E-state index in [9.17, 15) is 25.2 Å². The van der Waals surface area contributed by atoms with E-state index in [2.05, 4.69) is 19.1 Å². The van der Waals surface area contributed by atoms with Gasteiger partial charge in [0.05, 0.1) is 13.2 Å². The minimum absolute atomic E-state index is 0.108. The minimum Gasteiger partial charge on any atom is -0.491 e. The summed E-state index contributed by atoms with van der Waals surface area (Å²) < 4.78 is 16.7. The molecule has 0 amide bonds. The molecule has 8 heteroatoms. The number of aliphatic hydroxyl groups excluding tert-OH is 4. The van der Waals surface area contributed by atoms with E-state index in [-0.39, 0.29) is 18.6 Å². The summed E-state index contributed by atoms with van der Waals surface area (Å²) in [6.45, 7) is 2.04. The van der Waals surface area contributed by atoms with Crippen molar-refractivity contribution in [3.8, 4) is 5.75 Å². The SMILES string of the molecule is C[C@]12CC[C@@H]3c4ccc(OCCO[C@@H]5O[C@H](CO)[C@@H](O)[C@H](O)[C@H]5O)cc4CC[C@H]3[C@@H]1CCC2=O. The lowest BCUT2D eigenvalue weighted by Crippen LogP contribution is -2.59. The third-order valence-corrected chi connectivity index (χ3v) is 8.89. The Morgan fingerprint density at radius 2 is 1.88 bits per heavy atom. The van der Waals surface area contributed by atoms with Gasteiger partial charge in [-0.25, -0.2) is 0 Å². The van der Waals surface area contributed by atoms with Gasteiger partial charge < -0.3 is 34.6 Å². The first-order chi connectivity index (χ1) is 16.3. The molecule has 8 nitrogen and oxygen atoms in total. The highest BCUT2D eigenvalue weighted by Gasteiger charge is 2.54. The number of ether oxygens (including phenoxy) is 3. The fourth-order valence-corrected chi connectivity index (χ4v) is 6.95. The molecule has 9 atom stereocenters. The zero-order chi connectivity index (χ0) is 24.0. The summed E-state index contributed by atoms with van der Waals surface area (Å²) in [6.07, 6.45) is -0.454. The van der Waals surface area contributed by atoms with Gasteiger partial charge >= 0.3 is 0 Å². The van der Waals surface area contributed by atoms with Crippen molar-refractivity contribution >= 4 is 5.78 Å². The number of ketones is 1. The van der Waals surface area contributed by atoms with Crippen LogP contribution in [0.4, 0.5) is 0 Å². The second-order valence-corrected chi connectivity index (χ2v) is 10.6. The Balaban J connectivity index is 1.16. The molecule has 0 spiro atoms. The van der Waals surface area contributed by atoms with E-state index in [4.69, 9.17) is 14.2 Å². The van der Waals surface area contributed by atoms with Crippen molar-refractivity contribution in [2.75, 3.05) is 19.8 Å². The first kappa shape index (κ1) is 24.2. The van der Waals surface area contributed by atoms with E-state index in [1.807, 2.05) is 6.07 Å². The molecule has 5 rings (SSSR count). The van der Waals surface area contributed by atoms with Crippen LogP contribution in [-0.2, 0) is 20.7 Å². The van der Waals surface area contributed by atoms with Crippen LogP contribution in [-0.4, -0.2) is 76.7 Å². The number of benzene rings is 1. The molecule has 2 saturated carbocycles. The molecule has 0 unspecified atom stereocenters. The van der Waals surface area contributed by atoms with E-state index >= 15 is 0 Å². The molecule has 1 saturated heterocycles. The van der Waals surface area contributed by atoms with Crippen molar-refractivity contribution in [2.24, 2.45) is 17.3 Å². The molecule has 1 aromatic rings. The summed E-state index contributed by atoms with van der Waals surface area (Å²) in [5.74, 6) is 2.86. The molecule has 0 aromatic heterocycles. The van der Waals surface area contributed by atoms with Crippen LogP contribution in [0.5, 0.6) is 5.75 Å². The topological polar surface area (TPSA) is 126 Å². The predicted octanol–water partition coefficient (Wildman–Crippen LogP) is 1.31. The Labute approximate surface area is 199 Å². The van der Waals surface area contributed by atoms with Crippen molar-refractivity contribution in [2.45, 2.75) is 82.1 Å². The van der Waals surface area contributed by atoms with Crippen molar-refractivity contribution < 1.29 is 39.4 Å². The third-order valence-electron chi connectivity index (χ3n) is 8.89. The lowest BCUT2D eigenvalue weighted by molar-refractivity contribution is -0.301. The molecular weight excluding hydrogens is 440 g/mol. The summed E-state index contributed by atoms with van der Waals surface area (Å²) in [4.78, 5) is 12.5. The summed E-state index contributed by atoms with van der Waals surface area (Å²) in [5.41, 5.74) is 2.62. The van der Waals surface area contributed by atoms with Crippen molar-refractivity contribution in [3.63, 3.8) is 0 Å². The fraction of sp³-hybridized carbons (Fsp3) is 0.731. The molecule has 4 N–H and O–H groups in total. The average Bonchev–Trinajstić information content (AvgIpc) is 3.15. The quantitative estimate of drug-likeness (QED) is 0.453. The number of rotatable bonds is 6. The Kier molecular flexibility index (Phi) is 6.74. The van der Waals surface area contributed by atoms with E-state index < -0.39 is 37.3 Å². The molecule has 1 aliphatic heterocycles. The summed E-state index contributed by atoms with van der Waals surface area (Å²) in [5, 5.41) is 39.0. The minimum atomic E-state index is -1.46. The Morgan fingerprint density at radius 1 is 1.06 bits per heavy atom. The highest BCUT2D eigenvalue weighted by molar-refractivity contribution is 5.87. The molecule has 188 valence electrons. The largest absolute Gasteiger partial charge is 0.491 e. The van der Waals surface area contributed by atoms with Crippen LogP contribution in [0.1, 0.15) is 56.1 Å².